The van der Waals surface area contributed by atoms with E-state index in [1.54, 1.807) is 6.07 Å². The van der Waals surface area contributed by atoms with E-state index in [0.29, 0.717) is 24.1 Å². The van der Waals surface area contributed by atoms with Gasteiger partial charge in [0.25, 0.3) is 5.91 Å². The molecule has 0 radical (unpaired) electrons. The van der Waals surface area contributed by atoms with Gasteiger partial charge in [-0.05, 0) is 36.0 Å². The van der Waals surface area contributed by atoms with Crippen LogP contribution in [0.2, 0.25) is 0 Å². The van der Waals surface area contributed by atoms with E-state index in [1.807, 2.05) is 42.5 Å². The molecule has 1 aliphatic rings. The third-order valence-electron chi connectivity index (χ3n) is 4.90. The molecule has 2 atom stereocenters. The molecule has 3 aromatic rings. The van der Waals surface area contributed by atoms with Gasteiger partial charge in [-0.15, -0.1) is 0 Å². The molecule has 0 aliphatic heterocycles. The summed E-state index contributed by atoms with van der Waals surface area (Å²) in [5.41, 5.74) is 2.70. The van der Waals surface area contributed by atoms with Crippen LogP contribution in [0.25, 0.3) is 10.9 Å². The molecule has 5 nitrogen and oxygen atoms in total. The number of hydrogen-bond donors (Lipinski definition) is 3. The van der Waals surface area contributed by atoms with Crippen molar-refractivity contribution >= 4 is 22.7 Å². The van der Waals surface area contributed by atoms with Crippen LogP contribution in [0.15, 0.2) is 60.7 Å². The lowest BCUT2D eigenvalue weighted by Gasteiger charge is -2.06. The summed E-state index contributed by atoms with van der Waals surface area (Å²) in [5, 5.41) is 6.55. The molecule has 26 heavy (non-hydrogen) atoms. The highest BCUT2D eigenvalue weighted by Crippen LogP contribution is 2.46. The summed E-state index contributed by atoms with van der Waals surface area (Å²) in [5.74, 6) is 0.598. The van der Waals surface area contributed by atoms with Gasteiger partial charge in [0.1, 0.15) is 5.69 Å². The topological polar surface area (TPSA) is 74.0 Å². The Labute approximate surface area is 151 Å². The van der Waals surface area contributed by atoms with Crippen LogP contribution in [0.3, 0.4) is 0 Å². The van der Waals surface area contributed by atoms with Crippen molar-refractivity contribution in [1.29, 1.82) is 0 Å². The molecule has 1 fully saturated rings. The number of carbonyl (C=O) groups is 2. The molecule has 1 heterocycles. The lowest BCUT2D eigenvalue weighted by Crippen LogP contribution is -2.37. The first-order chi connectivity index (χ1) is 12.7. The first kappa shape index (κ1) is 16.4. The molecule has 2 amide bonds. The van der Waals surface area contributed by atoms with Gasteiger partial charge in [-0.2, -0.15) is 0 Å². The smallest absolute Gasteiger partial charge is 0.268 e. The molecule has 0 unspecified atom stereocenters. The van der Waals surface area contributed by atoms with Crippen molar-refractivity contribution in [2.45, 2.75) is 12.3 Å². The summed E-state index contributed by atoms with van der Waals surface area (Å²) in [6.07, 6.45) is 1.10. The van der Waals surface area contributed by atoms with Crippen molar-refractivity contribution in [3.8, 4) is 0 Å². The Hall–Kier alpha value is -3.08. The summed E-state index contributed by atoms with van der Waals surface area (Å²) in [4.78, 5) is 27.2. The molecule has 5 heteroatoms. The third kappa shape index (κ3) is 3.61. The monoisotopic (exact) mass is 347 g/mol. The van der Waals surface area contributed by atoms with Crippen LogP contribution in [0.5, 0.6) is 0 Å². The second-order valence-corrected chi connectivity index (χ2v) is 6.77. The zero-order valence-electron chi connectivity index (χ0n) is 14.4. The largest absolute Gasteiger partial charge is 0.354 e. The van der Waals surface area contributed by atoms with E-state index in [1.165, 1.54) is 5.56 Å². The SMILES string of the molecule is O=C(CNC(=O)c1cc2ccccc2[nH]1)NC[C@@H]1C[C@H]1c1ccccc1. The number of hydrogen-bond acceptors (Lipinski definition) is 2. The van der Waals surface area contributed by atoms with E-state index in [0.717, 1.165) is 17.3 Å². The molecule has 0 spiro atoms. The van der Waals surface area contributed by atoms with E-state index in [4.69, 9.17) is 0 Å². The fourth-order valence-electron chi connectivity index (χ4n) is 3.34. The number of benzene rings is 2. The molecule has 132 valence electrons. The van der Waals surface area contributed by atoms with Crippen molar-refractivity contribution < 1.29 is 9.59 Å². The number of fused-ring (bicyclic) bond motifs is 1. The van der Waals surface area contributed by atoms with Gasteiger partial charge in [0, 0.05) is 17.4 Å². The third-order valence-corrected chi connectivity index (χ3v) is 4.90. The Morgan fingerprint density at radius 3 is 2.58 bits per heavy atom. The van der Waals surface area contributed by atoms with Gasteiger partial charge in [-0.1, -0.05) is 48.5 Å². The summed E-state index contributed by atoms with van der Waals surface area (Å²) in [6, 6.07) is 19.8. The van der Waals surface area contributed by atoms with Crippen LogP contribution in [-0.2, 0) is 4.79 Å². The Bertz CT molecular complexity index is 900. The predicted molar refractivity (Wildman–Crippen MR) is 101 cm³/mol. The van der Waals surface area contributed by atoms with Gasteiger partial charge in [0.15, 0.2) is 0 Å². The number of nitrogens with one attached hydrogen (secondary N) is 3. The minimum absolute atomic E-state index is 0.0169. The maximum Gasteiger partial charge on any atom is 0.268 e. The first-order valence-corrected chi connectivity index (χ1v) is 8.88. The highest BCUT2D eigenvalue weighted by atomic mass is 16.2. The molecule has 0 bridgehead atoms. The zero-order chi connectivity index (χ0) is 17.9. The average molecular weight is 347 g/mol. The van der Waals surface area contributed by atoms with E-state index < -0.39 is 0 Å². The van der Waals surface area contributed by atoms with Gasteiger partial charge < -0.3 is 15.6 Å². The maximum absolute atomic E-state index is 12.2. The minimum atomic E-state index is -0.273. The lowest BCUT2D eigenvalue weighted by atomic mass is 10.1. The second kappa shape index (κ2) is 7.04. The van der Waals surface area contributed by atoms with Crippen molar-refractivity contribution in [1.82, 2.24) is 15.6 Å². The Balaban J connectivity index is 1.22. The second-order valence-electron chi connectivity index (χ2n) is 6.77. The molecule has 4 rings (SSSR count). The molecule has 1 aliphatic carbocycles. The number of rotatable bonds is 6. The van der Waals surface area contributed by atoms with Gasteiger partial charge in [-0.25, -0.2) is 0 Å². The zero-order valence-corrected chi connectivity index (χ0v) is 14.4. The van der Waals surface area contributed by atoms with Gasteiger partial charge >= 0.3 is 0 Å². The van der Waals surface area contributed by atoms with Crippen molar-refractivity contribution in [2.75, 3.05) is 13.1 Å². The average Bonchev–Trinajstić information content (AvgIpc) is 3.33. The summed E-state index contributed by atoms with van der Waals surface area (Å²) < 4.78 is 0. The molecule has 3 N–H and O–H groups in total. The minimum Gasteiger partial charge on any atom is -0.354 e. The van der Waals surface area contributed by atoms with Crippen LogP contribution in [0.4, 0.5) is 0 Å². The molecule has 0 saturated heterocycles. The van der Waals surface area contributed by atoms with E-state index in [-0.39, 0.29) is 18.4 Å². The fraction of sp³-hybridized carbons (Fsp3) is 0.238. The summed E-state index contributed by atoms with van der Waals surface area (Å²) in [6.45, 7) is 0.636. The molecular weight excluding hydrogens is 326 g/mol. The fourth-order valence-corrected chi connectivity index (χ4v) is 3.34. The van der Waals surface area contributed by atoms with Gasteiger partial charge in [0.05, 0.1) is 6.54 Å². The number of aromatic amines is 1. The molecule has 1 saturated carbocycles. The number of carbonyl (C=O) groups excluding carboxylic acids is 2. The number of para-hydroxylation sites is 1. The van der Waals surface area contributed by atoms with Crippen molar-refractivity contribution in [3.05, 3.63) is 71.9 Å². The maximum atomic E-state index is 12.2. The highest BCUT2D eigenvalue weighted by Gasteiger charge is 2.37. The Morgan fingerprint density at radius 1 is 1.00 bits per heavy atom. The van der Waals surface area contributed by atoms with E-state index >= 15 is 0 Å². The van der Waals surface area contributed by atoms with Crippen molar-refractivity contribution in [3.63, 3.8) is 0 Å². The van der Waals surface area contributed by atoms with Crippen LogP contribution in [0, 0.1) is 5.92 Å². The molecule has 1 aromatic heterocycles. The number of H-pyrrole nitrogens is 1. The van der Waals surface area contributed by atoms with Gasteiger partial charge in [0.2, 0.25) is 5.91 Å². The normalized spacial score (nSPS) is 18.5. The lowest BCUT2D eigenvalue weighted by molar-refractivity contribution is -0.120. The summed E-state index contributed by atoms with van der Waals surface area (Å²) in [7, 11) is 0. The van der Waals surface area contributed by atoms with Crippen LogP contribution in [-0.4, -0.2) is 29.9 Å². The van der Waals surface area contributed by atoms with Gasteiger partial charge in [-0.3, -0.25) is 9.59 Å². The summed E-state index contributed by atoms with van der Waals surface area (Å²) >= 11 is 0. The van der Waals surface area contributed by atoms with Crippen LogP contribution < -0.4 is 10.6 Å². The predicted octanol–water partition coefficient (Wildman–Crippen LogP) is 2.82. The Morgan fingerprint density at radius 2 is 1.77 bits per heavy atom. The number of aromatic nitrogens is 1. The Kier molecular flexibility index (Phi) is 4.44. The first-order valence-electron chi connectivity index (χ1n) is 8.88. The highest BCUT2D eigenvalue weighted by molar-refractivity contribution is 5.99. The van der Waals surface area contributed by atoms with E-state index in [2.05, 4.69) is 27.8 Å². The van der Waals surface area contributed by atoms with Crippen LogP contribution >= 0.6 is 0 Å². The van der Waals surface area contributed by atoms with E-state index in [9.17, 15) is 9.59 Å². The standard InChI is InChI=1S/C21H21N3O2/c25-20(22-12-16-10-17(16)14-6-2-1-3-7-14)13-23-21(26)19-11-15-8-4-5-9-18(15)24-19/h1-9,11,16-17,24H,10,12-13H2,(H,22,25)(H,23,26)/t16-,17-/m0/s1. The van der Waals surface area contributed by atoms with Crippen LogP contribution in [0.1, 0.15) is 28.4 Å². The van der Waals surface area contributed by atoms with Crippen molar-refractivity contribution in [2.24, 2.45) is 5.92 Å². The molecule has 2 aromatic carbocycles. The number of amides is 2. The quantitative estimate of drug-likeness (QED) is 0.641. The molecular formula is C21H21N3O2.